The van der Waals surface area contributed by atoms with E-state index in [1.807, 2.05) is 13.8 Å². The van der Waals surface area contributed by atoms with Crippen molar-refractivity contribution in [1.82, 2.24) is 9.47 Å². The van der Waals surface area contributed by atoms with Gasteiger partial charge in [-0.25, -0.2) is 0 Å². The number of nitrogens with zero attached hydrogens (tertiary/aromatic N) is 2. The predicted molar refractivity (Wildman–Crippen MR) is 109 cm³/mol. The molecule has 30 heavy (non-hydrogen) atoms. The number of aromatic nitrogens is 1. The van der Waals surface area contributed by atoms with Crippen LogP contribution in [0.4, 0.5) is 13.2 Å². The summed E-state index contributed by atoms with van der Waals surface area (Å²) in [5.74, 6) is -0.910. The maximum Gasteiger partial charge on any atom is 0.573 e. The lowest BCUT2D eigenvalue weighted by Gasteiger charge is -2.27. The average molecular weight is 423 g/mol. The summed E-state index contributed by atoms with van der Waals surface area (Å²) in [5, 5.41) is 0. The number of benzene rings is 1. The van der Waals surface area contributed by atoms with Gasteiger partial charge in [0, 0.05) is 30.0 Å². The first kappa shape index (κ1) is 22.2. The minimum Gasteiger partial charge on any atom is -0.406 e. The Morgan fingerprint density at radius 1 is 1.17 bits per heavy atom. The number of amides is 1. The molecule has 2 aromatic rings. The van der Waals surface area contributed by atoms with E-state index < -0.39 is 12.3 Å². The van der Waals surface area contributed by atoms with Gasteiger partial charge in [-0.3, -0.25) is 4.79 Å². The van der Waals surface area contributed by atoms with E-state index in [1.165, 1.54) is 37.5 Å². The number of hydrogen-bond donors (Lipinski definition) is 1. The minimum atomic E-state index is -4.78. The normalized spacial score (nSPS) is 15.4. The standard InChI is InChI=1S/C22H28F3N3O2/c1-3-18-20(16-8-7-9-17(14-16)30-22(23,24)25)19(21(26)29)15(2)28(18)13-12-27-10-5-4-6-11-27/h7-9,14H,3-6,10-13H2,1-2H3,(H2,26,29). The Balaban J connectivity index is 2.01. The zero-order valence-electron chi connectivity index (χ0n) is 17.4. The molecular weight excluding hydrogens is 395 g/mol. The van der Waals surface area contributed by atoms with Crippen LogP contribution in [0.2, 0.25) is 0 Å². The van der Waals surface area contributed by atoms with Crippen molar-refractivity contribution in [3.05, 3.63) is 41.2 Å². The fourth-order valence-corrected chi connectivity index (χ4v) is 4.35. The van der Waals surface area contributed by atoms with Crippen molar-refractivity contribution in [2.45, 2.75) is 52.4 Å². The third kappa shape index (κ3) is 4.98. The molecule has 0 atom stereocenters. The molecule has 1 aliphatic rings. The predicted octanol–water partition coefficient (Wildman–Crippen LogP) is 4.51. The summed E-state index contributed by atoms with van der Waals surface area (Å²) in [5.41, 5.74) is 8.77. The van der Waals surface area contributed by atoms with Crippen LogP contribution in [0.1, 0.15) is 47.9 Å². The van der Waals surface area contributed by atoms with Gasteiger partial charge in [0.1, 0.15) is 5.75 Å². The monoisotopic (exact) mass is 423 g/mol. The number of ether oxygens (including phenoxy) is 1. The van der Waals surface area contributed by atoms with Crippen molar-refractivity contribution in [2.24, 2.45) is 5.73 Å². The number of primary amides is 1. The first-order chi connectivity index (χ1) is 14.2. The van der Waals surface area contributed by atoms with Crippen molar-refractivity contribution in [2.75, 3.05) is 19.6 Å². The third-order valence-corrected chi connectivity index (χ3v) is 5.66. The molecule has 2 heterocycles. The molecule has 2 N–H and O–H groups in total. The Bertz CT molecular complexity index is 900. The molecule has 3 rings (SSSR count). The van der Waals surface area contributed by atoms with E-state index >= 15 is 0 Å². The first-order valence-corrected chi connectivity index (χ1v) is 10.3. The maximum atomic E-state index is 12.7. The van der Waals surface area contributed by atoms with Crippen molar-refractivity contribution in [3.8, 4) is 16.9 Å². The summed E-state index contributed by atoms with van der Waals surface area (Å²) in [4.78, 5) is 14.7. The number of hydrogen-bond acceptors (Lipinski definition) is 3. The van der Waals surface area contributed by atoms with Crippen LogP contribution < -0.4 is 10.5 Å². The molecule has 0 spiro atoms. The molecule has 1 fully saturated rings. The lowest BCUT2D eigenvalue weighted by atomic mass is 9.98. The van der Waals surface area contributed by atoms with E-state index in [9.17, 15) is 18.0 Å². The molecule has 164 valence electrons. The lowest BCUT2D eigenvalue weighted by molar-refractivity contribution is -0.274. The molecule has 8 heteroatoms. The number of carbonyl (C=O) groups is 1. The van der Waals surface area contributed by atoms with Crippen LogP contribution in [0.15, 0.2) is 24.3 Å². The molecule has 1 aromatic heterocycles. The van der Waals surface area contributed by atoms with Crippen LogP contribution in [0, 0.1) is 6.92 Å². The van der Waals surface area contributed by atoms with E-state index in [0.717, 1.165) is 31.0 Å². The molecule has 1 aliphatic heterocycles. The van der Waals surface area contributed by atoms with Crippen LogP contribution in [-0.4, -0.2) is 41.4 Å². The van der Waals surface area contributed by atoms with Gasteiger partial charge in [0.05, 0.1) is 5.56 Å². The molecule has 0 bridgehead atoms. The second-order valence-corrected chi connectivity index (χ2v) is 7.63. The number of likely N-dealkylation sites (tertiary alicyclic amines) is 1. The molecule has 0 aliphatic carbocycles. The number of halogens is 3. The fraction of sp³-hybridized carbons (Fsp3) is 0.500. The highest BCUT2D eigenvalue weighted by Crippen LogP contribution is 2.36. The van der Waals surface area contributed by atoms with Gasteiger partial charge in [-0.05, 0) is 57.0 Å². The van der Waals surface area contributed by atoms with Crippen molar-refractivity contribution < 1.29 is 22.7 Å². The Morgan fingerprint density at radius 2 is 1.87 bits per heavy atom. The average Bonchev–Trinajstić information content (AvgIpc) is 2.97. The summed E-state index contributed by atoms with van der Waals surface area (Å²) in [6.45, 7) is 7.50. The topological polar surface area (TPSA) is 60.5 Å². The SMILES string of the molecule is CCc1c(-c2cccc(OC(F)(F)F)c2)c(C(N)=O)c(C)n1CCN1CCCCC1. The van der Waals surface area contributed by atoms with Crippen LogP contribution in [0.25, 0.3) is 11.1 Å². The highest BCUT2D eigenvalue weighted by atomic mass is 19.4. The number of rotatable bonds is 7. The van der Waals surface area contributed by atoms with Crippen LogP contribution in [-0.2, 0) is 13.0 Å². The minimum absolute atomic E-state index is 0.323. The number of piperidine rings is 1. The van der Waals surface area contributed by atoms with Gasteiger partial charge in [-0.1, -0.05) is 25.5 Å². The molecule has 0 saturated carbocycles. The van der Waals surface area contributed by atoms with Gasteiger partial charge in [0.2, 0.25) is 0 Å². The van der Waals surface area contributed by atoms with Crippen molar-refractivity contribution >= 4 is 5.91 Å². The molecule has 5 nitrogen and oxygen atoms in total. The zero-order chi connectivity index (χ0) is 21.9. The molecule has 0 unspecified atom stereocenters. The van der Waals surface area contributed by atoms with Gasteiger partial charge in [-0.15, -0.1) is 13.2 Å². The Labute approximate surface area is 174 Å². The summed E-state index contributed by atoms with van der Waals surface area (Å²) in [6, 6.07) is 5.72. The first-order valence-electron chi connectivity index (χ1n) is 10.3. The highest BCUT2D eigenvalue weighted by Gasteiger charge is 2.31. The molecule has 1 aromatic carbocycles. The van der Waals surface area contributed by atoms with Crippen molar-refractivity contribution in [3.63, 3.8) is 0 Å². The van der Waals surface area contributed by atoms with E-state index in [1.54, 1.807) is 6.07 Å². The van der Waals surface area contributed by atoms with E-state index in [2.05, 4.69) is 14.2 Å². The Hall–Kier alpha value is -2.48. The third-order valence-electron chi connectivity index (χ3n) is 5.66. The lowest BCUT2D eigenvalue weighted by Crippen LogP contribution is -2.33. The quantitative estimate of drug-likeness (QED) is 0.713. The summed E-state index contributed by atoms with van der Waals surface area (Å²) < 4.78 is 44.2. The van der Waals surface area contributed by atoms with Gasteiger partial charge in [0.25, 0.3) is 5.91 Å². The van der Waals surface area contributed by atoms with E-state index in [0.29, 0.717) is 29.7 Å². The second-order valence-electron chi connectivity index (χ2n) is 7.63. The summed E-state index contributed by atoms with van der Waals surface area (Å²) >= 11 is 0. The van der Waals surface area contributed by atoms with Gasteiger partial charge in [-0.2, -0.15) is 0 Å². The summed E-state index contributed by atoms with van der Waals surface area (Å²) in [7, 11) is 0. The van der Waals surface area contributed by atoms with Gasteiger partial charge in [0.15, 0.2) is 0 Å². The van der Waals surface area contributed by atoms with Gasteiger partial charge >= 0.3 is 6.36 Å². The number of carbonyl (C=O) groups excluding carboxylic acids is 1. The molecular formula is C22H28F3N3O2. The summed E-state index contributed by atoms with van der Waals surface area (Å²) in [6.07, 6.45) is -0.529. The van der Waals surface area contributed by atoms with E-state index in [4.69, 9.17) is 5.73 Å². The number of nitrogens with two attached hydrogens (primary N) is 1. The van der Waals surface area contributed by atoms with Crippen molar-refractivity contribution in [1.29, 1.82) is 0 Å². The molecule has 1 amide bonds. The van der Waals surface area contributed by atoms with Crippen LogP contribution in [0.5, 0.6) is 5.75 Å². The largest absolute Gasteiger partial charge is 0.573 e. The van der Waals surface area contributed by atoms with Crippen LogP contribution in [0.3, 0.4) is 0 Å². The van der Waals surface area contributed by atoms with E-state index in [-0.39, 0.29) is 5.75 Å². The van der Waals surface area contributed by atoms with Crippen LogP contribution >= 0.6 is 0 Å². The zero-order valence-corrected chi connectivity index (χ0v) is 17.4. The molecule has 0 radical (unpaired) electrons. The Kier molecular flexibility index (Phi) is 6.75. The molecule has 1 saturated heterocycles. The smallest absolute Gasteiger partial charge is 0.406 e. The Morgan fingerprint density at radius 3 is 2.47 bits per heavy atom. The fourth-order valence-electron chi connectivity index (χ4n) is 4.35. The van der Waals surface area contributed by atoms with Gasteiger partial charge < -0.3 is 19.9 Å². The number of alkyl halides is 3. The highest BCUT2D eigenvalue weighted by molar-refractivity contribution is 6.02. The second kappa shape index (κ2) is 9.12. The maximum absolute atomic E-state index is 12.7.